The first-order valence-electron chi connectivity index (χ1n) is 12.3. The average Bonchev–Trinajstić information content (AvgIpc) is 2.88. The third kappa shape index (κ3) is 5.42. The van der Waals surface area contributed by atoms with Gasteiger partial charge in [-0.25, -0.2) is 17.6 Å². The van der Waals surface area contributed by atoms with Crippen molar-refractivity contribution in [3.8, 4) is 0 Å². The van der Waals surface area contributed by atoms with E-state index in [1.54, 1.807) is 19.2 Å². The molecule has 2 fully saturated rings. The molecule has 1 aromatic carbocycles. The fourth-order valence-corrected chi connectivity index (χ4v) is 5.57. The Bertz CT molecular complexity index is 976. The van der Waals surface area contributed by atoms with E-state index in [4.69, 9.17) is 14.2 Å². The van der Waals surface area contributed by atoms with E-state index in [1.807, 2.05) is 0 Å². The van der Waals surface area contributed by atoms with Crippen LogP contribution in [0, 0.1) is 17.6 Å². The summed E-state index contributed by atoms with van der Waals surface area (Å²) in [6.07, 6.45) is 3.43. The SMILES string of the molecule is COC1=CC=C(OC(=O)C2CCC(c3ccc(C4CCC(OC)CC4)c(F)c3F)CC2)C(F)C1F. The summed E-state index contributed by atoms with van der Waals surface area (Å²) in [7, 11) is 2.91. The number of benzene rings is 1. The Balaban J connectivity index is 1.35. The molecule has 2 unspecified atom stereocenters. The summed E-state index contributed by atoms with van der Waals surface area (Å²) in [6.45, 7) is 0. The van der Waals surface area contributed by atoms with E-state index in [1.165, 1.54) is 19.3 Å². The minimum atomic E-state index is -2.12. The first-order valence-corrected chi connectivity index (χ1v) is 12.3. The first-order chi connectivity index (χ1) is 16.8. The van der Waals surface area contributed by atoms with Gasteiger partial charge in [0.05, 0.1) is 19.1 Å². The Morgan fingerprint density at radius 1 is 0.771 bits per heavy atom. The van der Waals surface area contributed by atoms with Crippen LogP contribution in [-0.4, -0.2) is 38.6 Å². The molecule has 0 saturated heterocycles. The van der Waals surface area contributed by atoms with Crippen LogP contribution in [0.25, 0.3) is 0 Å². The van der Waals surface area contributed by atoms with E-state index < -0.39 is 35.9 Å². The third-order valence-electron chi connectivity index (χ3n) is 7.76. The van der Waals surface area contributed by atoms with Gasteiger partial charge in [0.25, 0.3) is 0 Å². The van der Waals surface area contributed by atoms with Crippen molar-refractivity contribution in [1.29, 1.82) is 0 Å². The van der Waals surface area contributed by atoms with Gasteiger partial charge in [0, 0.05) is 7.11 Å². The number of halogens is 4. The van der Waals surface area contributed by atoms with Crippen molar-refractivity contribution in [2.75, 3.05) is 14.2 Å². The maximum Gasteiger partial charge on any atom is 0.314 e. The van der Waals surface area contributed by atoms with Gasteiger partial charge in [-0.15, -0.1) is 0 Å². The standard InChI is InChI=1S/C27H32F4O4/c1-33-18-9-7-16(8-10-18)20-12-11-19(23(28)24(20)29)15-3-5-17(6-4-15)27(32)35-22-14-13-21(34-2)25(30)26(22)31/h11-18,25-26H,3-10H2,1-2H3. The van der Waals surface area contributed by atoms with Crippen LogP contribution in [0.4, 0.5) is 17.6 Å². The van der Waals surface area contributed by atoms with Crippen LogP contribution in [0.15, 0.2) is 35.8 Å². The van der Waals surface area contributed by atoms with Gasteiger partial charge in [-0.2, -0.15) is 0 Å². The molecule has 192 valence electrons. The fourth-order valence-electron chi connectivity index (χ4n) is 5.57. The number of rotatable bonds is 6. The van der Waals surface area contributed by atoms with Crippen LogP contribution in [-0.2, 0) is 19.0 Å². The molecule has 0 N–H and O–H groups in total. The molecule has 0 spiro atoms. The molecule has 3 aliphatic carbocycles. The molecule has 3 aliphatic rings. The molecule has 2 atom stereocenters. The van der Waals surface area contributed by atoms with E-state index in [9.17, 15) is 13.6 Å². The molecule has 35 heavy (non-hydrogen) atoms. The maximum atomic E-state index is 15.1. The van der Waals surface area contributed by atoms with Crippen molar-refractivity contribution in [2.24, 2.45) is 5.92 Å². The number of methoxy groups -OCH3 is 2. The molecule has 1 aromatic rings. The van der Waals surface area contributed by atoms with Crippen LogP contribution < -0.4 is 0 Å². The molecule has 0 amide bonds. The molecule has 4 nitrogen and oxygen atoms in total. The molecule has 0 aromatic heterocycles. The second kappa shape index (κ2) is 11.1. The lowest BCUT2D eigenvalue weighted by molar-refractivity contribution is -0.147. The Kier molecular flexibility index (Phi) is 8.19. The predicted octanol–water partition coefficient (Wildman–Crippen LogP) is 6.56. The lowest BCUT2D eigenvalue weighted by atomic mass is 9.77. The molecule has 8 heteroatoms. The minimum absolute atomic E-state index is 0.0115. The summed E-state index contributed by atoms with van der Waals surface area (Å²) in [5, 5.41) is 0. The zero-order chi connectivity index (χ0) is 25.1. The molecule has 0 bridgehead atoms. The van der Waals surface area contributed by atoms with E-state index in [0.29, 0.717) is 36.8 Å². The molecule has 2 saturated carbocycles. The summed E-state index contributed by atoms with van der Waals surface area (Å²) in [5.41, 5.74) is 0.761. The summed E-state index contributed by atoms with van der Waals surface area (Å²) in [6, 6.07) is 3.39. The number of esters is 1. The Hall–Kier alpha value is -2.35. The third-order valence-corrected chi connectivity index (χ3v) is 7.76. The summed E-state index contributed by atoms with van der Waals surface area (Å²) in [5.74, 6) is -3.48. The average molecular weight is 497 g/mol. The van der Waals surface area contributed by atoms with Gasteiger partial charge in [-0.3, -0.25) is 4.79 Å². The van der Waals surface area contributed by atoms with Crippen molar-refractivity contribution < 1.29 is 36.6 Å². The number of hydrogen-bond acceptors (Lipinski definition) is 4. The highest BCUT2D eigenvalue weighted by molar-refractivity contribution is 5.74. The second-order valence-corrected chi connectivity index (χ2v) is 9.70. The Labute approximate surface area is 203 Å². The van der Waals surface area contributed by atoms with Gasteiger partial charge in [0.1, 0.15) is 11.5 Å². The Morgan fingerprint density at radius 3 is 1.77 bits per heavy atom. The maximum absolute atomic E-state index is 15.1. The first kappa shape index (κ1) is 25.7. The zero-order valence-corrected chi connectivity index (χ0v) is 20.1. The van der Waals surface area contributed by atoms with Crippen molar-refractivity contribution in [2.45, 2.75) is 81.6 Å². The number of carbonyl (C=O) groups excluding carboxylic acids is 1. The summed E-state index contributed by atoms with van der Waals surface area (Å²) < 4.78 is 73.6. The van der Waals surface area contributed by atoms with E-state index >= 15 is 8.78 Å². The number of ether oxygens (including phenoxy) is 3. The van der Waals surface area contributed by atoms with Crippen LogP contribution in [0.3, 0.4) is 0 Å². The van der Waals surface area contributed by atoms with Gasteiger partial charge in [0.15, 0.2) is 24.0 Å². The van der Waals surface area contributed by atoms with Crippen molar-refractivity contribution in [3.63, 3.8) is 0 Å². The molecular formula is C27H32F4O4. The zero-order valence-electron chi connectivity index (χ0n) is 20.1. The lowest BCUT2D eigenvalue weighted by Crippen LogP contribution is -2.30. The fraction of sp³-hybridized carbons (Fsp3) is 0.593. The normalized spacial score (nSPS) is 31.4. The quantitative estimate of drug-likeness (QED) is 0.331. The van der Waals surface area contributed by atoms with E-state index in [0.717, 1.165) is 25.7 Å². The molecule has 0 heterocycles. The second-order valence-electron chi connectivity index (χ2n) is 9.70. The molecular weight excluding hydrogens is 464 g/mol. The number of hydrogen-bond donors (Lipinski definition) is 0. The molecule has 0 radical (unpaired) electrons. The topological polar surface area (TPSA) is 44.8 Å². The smallest absolute Gasteiger partial charge is 0.314 e. The predicted molar refractivity (Wildman–Crippen MR) is 122 cm³/mol. The van der Waals surface area contributed by atoms with Crippen molar-refractivity contribution in [1.82, 2.24) is 0 Å². The monoisotopic (exact) mass is 496 g/mol. The highest BCUT2D eigenvalue weighted by atomic mass is 19.2. The number of alkyl halides is 2. The minimum Gasteiger partial charge on any atom is -0.498 e. The highest BCUT2D eigenvalue weighted by Crippen LogP contribution is 2.41. The van der Waals surface area contributed by atoms with E-state index in [2.05, 4.69) is 0 Å². The van der Waals surface area contributed by atoms with Gasteiger partial charge in [-0.05, 0) is 86.5 Å². The van der Waals surface area contributed by atoms with Crippen LogP contribution in [0.5, 0.6) is 0 Å². The summed E-state index contributed by atoms with van der Waals surface area (Å²) >= 11 is 0. The highest BCUT2D eigenvalue weighted by Gasteiger charge is 2.37. The number of carbonyl (C=O) groups is 1. The van der Waals surface area contributed by atoms with Gasteiger partial charge < -0.3 is 14.2 Å². The van der Waals surface area contributed by atoms with Gasteiger partial charge >= 0.3 is 5.97 Å². The molecule has 0 aliphatic heterocycles. The van der Waals surface area contributed by atoms with Crippen LogP contribution >= 0.6 is 0 Å². The molecule has 4 rings (SSSR count). The van der Waals surface area contributed by atoms with Crippen molar-refractivity contribution >= 4 is 5.97 Å². The van der Waals surface area contributed by atoms with Crippen molar-refractivity contribution in [3.05, 3.63) is 58.6 Å². The largest absolute Gasteiger partial charge is 0.498 e. The van der Waals surface area contributed by atoms with Gasteiger partial charge in [-0.1, -0.05) is 12.1 Å². The van der Waals surface area contributed by atoms with Crippen LogP contribution in [0.1, 0.15) is 74.3 Å². The van der Waals surface area contributed by atoms with E-state index in [-0.39, 0.29) is 29.5 Å². The lowest BCUT2D eigenvalue weighted by Gasteiger charge is -2.30. The van der Waals surface area contributed by atoms with Gasteiger partial charge in [0.2, 0.25) is 0 Å². The number of allylic oxidation sites excluding steroid dienone is 4. The summed E-state index contributed by atoms with van der Waals surface area (Å²) in [4.78, 5) is 12.6. The van der Waals surface area contributed by atoms with Crippen LogP contribution in [0.2, 0.25) is 0 Å². The Morgan fingerprint density at radius 2 is 1.26 bits per heavy atom.